The Morgan fingerprint density at radius 3 is 2.72 bits per heavy atom. The number of carbonyl (C=O) groups is 1. The van der Waals surface area contributed by atoms with Gasteiger partial charge in [0.05, 0.1) is 11.9 Å². The van der Waals surface area contributed by atoms with Gasteiger partial charge in [0.1, 0.15) is 10.8 Å². The van der Waals surface area contributed by atoms with E-state index in [2.05, 4.69) is 10.4 Å². The van der Waals surface area contributed by atoms with Gasteiger partial charge in [-0.05, 0) is 37.3 Å². The van der Waals surface area contributed by atoms with Crippen molar-refractivity contribution in [3.05, 3.63) is 71.6 Å². The second-order valence-corrected chi connectivity index (χ2v) is 5.73. The lowest BCUT2D eigenvalue weighted by Crippen LogP contribution is -2.30. The summed E-state index contributed by atoms with van der Waals surface area (Å²) in [6.07, 6.45) is 0.739. The van der Waals surface area contributed by atoms with Gasteiger partial charge >= 0.3 is 0 Å². The monoisotopic (exact) mass is 359 g/mol. The molecule has 0 aliphatic heterocycles. The number of halogens is 2. The minimum atomic E-state index is -0.861. The average molecular weight is 360 g/mol. The van der Waals surface area contributed by atoms with Crippen molar-refractivity contribution in [3.63, 3.8) is 0 Å². The van der Waals surface area contributed by atoms with Crippen molar-refractivity contribution in [2.24, 2.45) is 0 Å². The predicted molar refractivity (Wildman–Crippen MR) is 93.7 cm³/mol. The maximum Gasteiger partial charge on any atom is 0.265 e. The molecule has 1 atom stereocenters. The molecule has 0 saturated carbocycles. The number of nitrogens with one attached hydrogen (secondary N) is 1. The van der Waals surface area contributed by atoms with Crippen molar-refractivity contribution in [2.75, 3.05) is 5.32 Å². The van der Waals surface area contributed by atoms with E-state index in [1.54, 1.807) is 23.9 Å². The summed E-state index contributed by atoms with van der Waals surface area (Å²) in [6, 6.07) is 15.0. The second kappa shape index (κ2) is 7.36. The highest BCUT2D eigenvalue weighted by molar-refractivity contribution is 6.31. The van der Waals surface area contributed by atoms with Crippen LogP contribution in [0.4, 0.5) is 10.1 Å². The topological polar surface area (TPSA) is 56.2 Å². The third-order valence-electron chi connectivity index (χ3n) is 3.41. The molecule has 0 radical (unpaired) electrons. The molecule has 128 valence electrons. The first-order valence-electron chi connectivity index (χ1n) is 7.56. The molecule has 0 fully saturated rings. The lowest BCUT2D eigenvalue weighted by Gasteiger charge is -2.13. The van der Waals surface area contributed by atoms with E-state index in [1.807, 2.05) is 30.3 Å². The Bertz CT molecular complexity index is 883. The Morgan fingerprint density at radius 2 is 2.00 bits per heavy atom. The summed E-state index contributed by atoms with van der Waals surface area (Å²) in [5, 5.41) is 7.11. The highest BCUT2D eigenvalue weighted by Gasteiger charge is 2.19. The molecule has 0 unspecified atom stereocenters. The van der Waals surface area contributed by atoms with Gasteiger partial charge in [-0.1, -0.05) is 35.9 Å². The molecule has 1 amide bonds. The van der Waals surface area contributed by atoms with E-state index < -0.39 is 17.8 Å². The summed E-state index contributed by atoms with van der Waals surface area (Å²) in [5.74, 6) is -0.723. The van der Waals surface area contributed by atoms with E-state index in [4.69, 9.17) is 16.3 Å². The normalized spacial score (nSPS) is 11.8. The Balaban J connectivity index is 1.69. The minimum absolute atomic E-state index is 0.146. The molecule has 1 N–H and O–H groups in total. The quantitative estimate of drug-likeness (QED) is 0.747. The molecule has 0 aliphatic rings. The van der Waals surface area contributed by atoms with E-state index in [-0.39, 0.29) is 10.9 Å². The van der Waals surface area contributed by atoms with Crippen LogP contribution in [0.25, 0.3) is 5.69 Å². The summed E-state index contributed by atoms with van der Waals surface area (Å²) in [6.45, 7) is 1.56. The van der Waals surface area contributed by atoms with Gasteiger partial charge in [-0.25, -0.2) is 9.07 Å². The SMILES string of the molecule is C[C@@H](Oc1nn(-c2ccccc2)cc1Cl)C(=O)Nc1cccc(F)c1. The van der Waals surface area contributed by atoms with Crippen LogP contribution in [-0.4, -0.2) is 21.8 Å². The minimum Gasteiger partial charge on any atom is -0.462 e. The van der Waals surface area contributed by atoms with Crippen LogP contribution in [0.3, 0.4) is 0 Å². The number of hydrogen-bond donors (Lipinski definition) is 1. The number of anilines is 1. The number of aromatic nitrogens is 2. The van der Waals surface area contributed by atoms with Crippen molar-refractivity contribution in [1.29, 1.82) is 0 Å². The summed E-state index contributed by atoms with van der Waals surface area (Å²) < 4.78 is 20.3. The number of carbonyl (C=O) groups excluding carboxylic acids is 1. The molecule has 0 spiro atoms. The maximum atomic E-state index is 13.2. The summed E-state index contributed by atoms with van der Waals surface area (Å²) in [4.78, 5) is 12.2. The van der Waals surface area contributed by atoms with Crippen LogP contribution < -0.4 is 10.1 Å². The standard InChI is InChI=1S/C18H15ClFN3O2/c1-12(17(24)21-14-7-5-6-13(20)10-14)25-18-16(19)11-23(22-18)15-8-3-2-4-9-15/h2-12H,1H3,(H,21,24)/t12-/m1/s1. The van der Waals surface area contributed by atoms with Gasteiger partial charge in [0.15, 0.2) is 6.10 Å². The fraction of sp³-hybridized carbons (Fsp3) is 0.111. The van der Waals surface area contributed by atoms with Crippen LogP contribution in [0.15, 0.2) is 60.8 Å². The third-order valence-corrected chi connectivity index (χ3v) is 3.67. The summed E-state index contributed by atoms with van der Waals surface area (Å²) >= 11 is 6.13. The molecule has 3 aromatic rings. The molecule has 5 nitrogen and oxygen atoms in total. The Morgan fingerprint density at radius 1 is 1.24 bits per heavy atom. The number of hydrogen-bond acceptors (Lipinski definition) is 3. The van der Waals surface area contributed by atoms with Crippen molar-refractivity contribution >= 4 is 23.2 Å². The van der Waals surface area contributed by atoms with Gasteiger partial charge in [-0.2, -0.15) is 0 Å². The van der Waals surface area contributed by atoms with Gasteiger partial charge in [-0.3, -0.25) is 4.79 Å². The molecule has 25 heavy (non-hydrogen) atoms. The zero-order chi connectivity index (χ0) is 17.8. The molecule has 0 bridgehead atoms. The smallest absolute Gasteiger partial charge is 0.265 e. The molecule has 7 heteroatoms. The third kappa shape index (κ3) is 4.16. The van der Waals surface area contributed by atoms with Gasteiger partial charge < -0.3 is 10.1 Å². The van der Waals surface area contributed by atoms with Crippen LogP contribution in [0.5, 0.6) is 5.88 Å². The Labute approximate surface area is 149 Å². The lowest BCUT2D eigenvalue weighted by atomic mass is 10.3. The molecule has 2 aromatic carbocycles. The fourth-order valence-electron chi connectivity index (χ4n) is 2.16. The highest BCUT2D eigenvalue weighted by atomic mass is 35.5. The molecule has 1 heterocycles. The van der Waals surface area contributed by atoms with Crippen LogP contribution in [0.1, 0.15) is 6.92 Å². The second-order valence-electron chi connectivity index (χ2n) is 5.32. The summed E-state index contributed by atoms with van der Waals surface area (Å²) in [7, 11) is 0. The zero-order valence-electron chi connectivity index (χ0n) is 13.3. The van der Waals surface area contributed by atoms with E-state index in [9.17, 15) is 9.18 Å². The molecular weight excluding hydrogens is 345 g/mol. The first-order valence-corrected chi connectivity index (χ1v) is 7.94. The van der Waals surface area contributed by atoms with Crippen LogP contribution >= 0.6 is 11.6 Å². The largest absolute Gasteiger partial charge is 0.462 e. The lowest BCUT2D eigenvalue weighted by molar-refractivity contribution is -0.122. The van der Waals surface area contributed by atoms with Crippen molar-refractivity contribution in [1.82, 2.24) is 9.78 Å². The highest BCUT2D eigenvalue weighted by Crippen LogP contribution is 2.25. The number of ether oxygens (including phenoxy) is 1. The molecule has 3 rings (SSSR count). The first kappa shape index (κ1) is 17.0. The van der Waals surface area contributed by atoms with Gasteiger partial charge in [0, 0.05) is 5.69 Å². The van der Waals surface area contributed by atoms with Crippen LogP contribution in [-0.2, 0) is 4.79 Å². The molecular formula is C18H15ClFN3O2. The first-order chi connectivity index (χ1) is 12.0. The van der Waals surface area contributed by atoms with Gasteiger partial charge in [0.25, 0.3) is 11.8 Å². The van der Waals surface area contributed by atoms with Crippen molar-refractivity contribution in [3.8, 4) is 11.6 Å². The van der Waals surface area contributed by atoms with Crippen LogP contribution in [0.2, 0.25) is 5.02 Å². The number of para-hydroxylation sites is 1. The van der Waals surface area contributed by atoms with E-state index in [1.165, 1.54) is 18.2 Å². The predicted octanol–water partition coefficient (Wildman–Crippen LogP) is 4.07. The average Bonchev–Trinajstić information content (AvgIpc) is 2.96. The fourth-order valence-corrected chi connectivity index (χ4v) is 2.34. The Kier molecular flexibility index (Phi) is 5.00. The number of benzene rings is 2. The van der Waals surface area contributed by atoms with Crippen LogP contribution in [0, 0.1) is 5.82 Å². The van der Waals surface area contributed by atoms with Crippen molar-refractivity contribution < 1.29 is 13.9 Å². The van der Waals surface area contributed by atoms with Gasteiger partial charge in [0.2, 0.25) is 0 Å². The van der Waals surface area contributed by atoms with E-state index in [0.29, 0.717) is 5.69 Å². The number of nitrogens with zero attached hydrogens (tertiary/aromatic N) is 2. The van der Waals surface area contributed by atoms with Crippen molar-refractivity contribution in [2.45, 2.75) is 13.0 Å². The number of rotatable bonds is 5. The summed E-state index contributed by atoms with van der Waals surface area (Å²) in [5.41, 5.74) is 1.16. The number of amides is 1. The van der Waals surface area contributed by atoms with E-state index in [0.717, 1.165) is 5.69 Å². The molecule has 0 saturated heterocycles. The maximum absolute atomic E-state index is 13.2. The van der Waals surface area contributed by atoms with Gasteiger partial charge in [-0.15, -0.1) is 5.10 Å². The molecule has 0 aliphatic carbocycles. The zero-order valence-corrected chi connectivity index (χ0v) is 14.1. The molecule has 1 aromatic heterocycles. The Hall–Kier alpha value is -2.86. The van der Waals surface area contributed by atoms with E-state index >= 15 is 0 Å².